The summed E-state index contributed by atoms with van der Waals surface area (Å²) in [4.78, 5) is 26.1. The van der Waals surface area contributed by atoms with E-state index in [9.17, 15) is 18.0 Å². The van der Waals surface area contributed by atoms with Crippen molar-refractivity contribution in [1.82, 2.24) is 14.2 Å². The van der Waals surface area contributed by atoms with Crippen molar-refractivity contribution in [2.24, 2.45) is 0 Å². The molecule has 1 saturated heterocycles. The van der Waals surface area contributed by atoms with Gasteiger partial charge in [0, 0.05) is 54.7 Å². The molecule has 0 spiro atoms. The van der Waals surface area contributed by atoms with Gasteiger partial charge < -0.3 is 10.2 Å². The maximum atomic E-state index is 13.8. The minimum atomic E-state index is -3.89. The molecule has 8 heteroatoms. The number of carbonyl (C=O) groups is 2. The minimum absolute atomic E-state index is 0.177. The number of fused-ring (bicyclic) bond motifs is 2. The van der Waals surface area contributed by atoms with Crippen LogP contribution in [0.5, 0.6) is 0 Å². The van der Waals surface area contributed by atoms with Crippen LogP contribution in [0.3, 0.4) is 0 Å². The number of benzene rings is 3. The molecule has 1 fully saturated rings. The average molecular weight is 502 g/mol. The van der Waals surface area contributed by atoms with Gasteiger partial charge in [-0.25, -0.2) is 12.4 Å². The minimum Gasteiger partial charge on any atom is -0.352 e. The third kappa shape index (κ3) is 4.64. The zero-order valence-corrected chi connectivity index (χ0v) is 20.6. The van der Waals surface area contributed by atoms with Crippen LogP contribution in [0.1, 0.15) is 24.8 Å². The lowest BCUT2D eigenvalue weighted by atomic mass is 10.1. The van der Waals surface area contributed by atoms with E-state index in [0.717, 1.165) is 23.7 Å². The number of hydrogen-bond donors (Lipinski definition) is 1. The number of amides is 2. The first-order valence-corrected chi connectivity index (χ1v) is 13.5. The van der Waals surface area contributed by atoms with Gasteiger partial charge in [0.2, 0.25) is 11.8 Å². The Morgan fingerprint density at radius 1 is 0.972 bits per heavy atom. The van der Waals surface area contributed by atoms with Crippen LogP contribution in [0.2, 0.25) is 0 Å². The Balaban J connectivity index is 1.37. The van der Waals surface area contributed by atoms with Crippen LogP contribution in [-0.2, 0) is 19.6 Å². The van der Waals surface area contributed by atoms with Crippen LogP contribution >= 0.6 is 0 Å². The van der Waals surface area contributed by atoms with Crippen molar-refractivity contribution in [2.45, 2.75) is 24.2 Å². The number of nitrogens with zero attached hydrogens (tertiary/aromatic N) is 2. The Labute approximate surface area is 210 Å². The standard InChI is InChI=1S/C28H27N3O4S/c32-27(29-17-7-19-30-18-6-14-28(30)33)16-15-22-20-31(25-12-4-3-10-23(22)25)36(34,35)26-13-5-9-21-8-1-2-11-24(21)26/h1-5,8-13,15-16,20H,6-7,14,17-19H2,(H,29,32)/b16-15+. The molecule has 0 radical (unpaired) electrons. The average Bonchev–Trinajstić information content (AvgIpc) is 3.48. The third-order valence-corrected chi connectivity index (χ3v) is 8.22. The van der Waals surface area contributed by atoms with Crippen molar-refractivity contribution in [2.75, 3.05) is 19.6 Å². The van der Waals surface area contributed by atoms with E-state index in [1.54, 1.807) is 42.6 Å². The van der Waals surface area contributed by atoms with Crippen molar-refractivity contribution >= 4 is 49.6 Å². The van der Waals surface area contributed by atoms with Crippen molar-refractivity contribution < 1.29 is 18.0 Å². The molecule has 2 heterocycles. The highest BCUT2D eigenvalue weighted by Crippen LogP contribution is 2.30. The SMILES string of the molecule is O=C(/C=C/c1cn(S(=O)(=O)c2cccc3ccccc23)c2ccccc12)NCCCN1CCCC1=O. The molecule has 2 amide bonds. The Bertz CT molecular complexity index is 1580. The summed E-state index contributed by atoms with van der Waals surface area (Å²) in [6.07, 6.45) is 6.81. The third-order valence-electron chi connectivity index (χ3n) is 6.49. The quantitative estimate of drug-likeness (QED) is 0.290. The molecule has 0 bridgehead atoms. The molecule has 1 N–H and O–H groups in total. The highest BCUT2D eigenvalue weighted by Gasteiger charge is 2.23. The van der Waals surface area contributed by atoms with Crippen LogP contribution in [0.4, 0.5) is 0 Å². The van der Waals surface area contributed by atoms with Crippen LogP contribution in [0.25, 0.3) is 27.8 Å². The Morgan fingerprint density at radius 2 is 1.72 bits per heavy atom. The molecule has 0 saturated carbocycles. The second-order valence-corrected chi connectivity index (χ2v) is 10.6. The summed E-state index contributed by atoms with van der Waals surface area (Å²) in [5, 5.41) is 5.07. The maximum Gasteiger partial charge on any atom is 0.268 e. The Morgan fingerprint density at radius 3 is 2.53 bits per heavy atom. The van der Waals surface area contributed by atoms with Crippen LogP contribution in [0, 0.1) is 0 Å². The number of para-hydroxylation sites is 1. The van der Waals surface area contributed by atoms with Crippen molar-refractivity contribution in [3.05, 3.63) is 84.6 Å². The Hall–Kier alpha value is -3.91. The van der Waals surface area contributed by atoms with Gasteiger partial charge in [-0.15, -0.1) is 0 Å². The smallest absolute Gasteiger partial charge is 0.268 e. The van der Waals surface area contributed by atoms with Gasteiger partial charge in [0.05, 0.1) is 10.4 Å². The summed E-state index contributed by atoms with van der Waals surface area (Å²) in [6, 6.07) is 19.9. The molecule has 0 atom stereocenters. The Kier molecular flexibility index (Phi) is 6.61. The van der Waals surface area contributed by atoms with Gasteiger partial charge in [-0.3, -0.25) is 9.59 Å². The fourth-order valence-electron chi connectivity index (χ4n) is 4.68. The van der Waals surface area contributed by atoms with Crippen LogP contribution in [0.15, 0.2) is 83.9 Å². The monoisotopic (exact) mass is 501 g/mol. The molecule has 1 aliphatic heterocycles. The van der Waals surface area contributed by atoms with Crippen molar-refractivity contribution in [1.29, 1.82) is 0 Å². The number of rotatable bonds is 8. The highest BCUT2D eigenvalue weighted by atomic mass is 32.2. The van der Waals surface area contributed by atoms with E-state index in [2.05, 4.69) is 5.32 Å². The topological polar surface area (TPSA) is 88.5 Å². The molecule has 0 unspecified atom stereocenters. The fourth-order valence-corrected chi connectivity index (χ4v) is 6.28. The van der Waals surface area contributed by atoms with Crippen molar-refractivity contribution in [3.63, 3.8) is 0 Å². The summed E-state index contributed by atoms with van der Waals surface area (Å²) in [5.41, 5.74) is 1.17. The van der Waals surface area contributed by atoms with Crippen LogP contribution < -0.4 is 5.32 Å². The van der Waals surface area contributed by atoms with Gasteiger partial charge in [-0.2, -0.15) is 0 Å². The predicted octanol–water partition coefficient (Wildman–Crippen LogP) is 4.17. The maximum absolute atomic E-state index is 13.8. The summed E-state index contributed by atoms with van der Waals surface area (Å²) in [7, 11) is -3.89. The van der Waals surface area contributed by atoms with E-state index < -0.39 is 10.0 Å². The van der Waals surface area contributed by atoms with E-state index in [0.29, 0.717) is 42.4 Å². The fraction of sp³-hybridized carbons (Fsp3) is 0.214. The highest BCUT2D eigenvalue weighted by molar-refractivity contribution is 7.90. The molecule has 4 aromatic rings. The van der Waals surface area contributed by atoms with E-state index in [1.165, 1.54) is 10.0 Å². The molecular formula is C28H27N3O4S. The summed E-state index contributed by atoms with van der Waals surface area (Å²) in [6.45, 7) is 1.89. The number of likely N-dealkylation sites (tertiary alicyclic amines) is 1. The molecule has 3 aromatic carbocycles. The number of aromatic nitrogens is 1. The first-order chi connectivity index (χ1) is 17.4. The van der Waals surface area contributed by atoms with Gasteiger partial charge in [0.1, 0.15) is 0 Å². The summed E-state index contributed by atoms with van der Waals surface area (Å²) in [5.74, 6) is -0.0902. The predicted molar refractivity (Wildman–Crippen MR) is 141 cm³/mol. The summed E-state index contributed by atoms with van der Waals surface area (Å²) < 4.78 is 28.8. The van der Waals surface area contributed by atoms with E-state index in [4.69, 9.17) is 0 Å². The number of nitrogens with one attached hydrogen (secondary N) is 1. The van der Waals surface area contributed by atoms with Crippen molar-refractivity contribution in [3.8, 4) is 0 Å². The molecule has 1 aliphatic rings. The zero-order chi connectivity index (χ0) is 25.1. The van der Waals surface area contributed by atoms with Gasteiger partial charge in [0.15, 0.2) is 0 Å². The van der Waals surface area contributed by atoms with Gasteiger partial charge in [0.25, 0.3) is 10.0 Å². The van der Waals surface area contributed by atoms with E-state index >= 15 is 0 Å². The largest absolute Gasteiger partial charge is 0.352 e. The molecule has 184 valence electrons. The molecule has 1 aromatic heterocycles. The first-order valence-electron chi connectivity index (χ1n) is 12.0. The van der Waals surface area contributed by atoms with E-state index in [-0.39, 0.29) is 16.7 Å². The lowest BCUT2D eigenvalue weighted by molar-refractivity contribution is -0.127. The summed E-state index contributed by atoms with van der Waals surface area (Å²) >= 11 is 0. The first kappa shape index (κ1) is 23.8. The van der Waals surface area contributed by atoms with Crippen LogP contribution in [-0.4, -0.2) is 48.7 Å². The molecule has 7 nitrogen and oxygen atoms in total. The normalized spacial score (nSPS) is 14.3. The second kappa shape index (κ2) is 9.99. The molecule has 0 aliphatic carbocycles. The lowest BCUT2D eigenvalue weighted by Crippen LogP contribution is -2.29. The zero-order valence-electron chi connectivity index (χ0n) is 19.8. The van der Waals surface area contributed by atoms with Gasteiger partial charge in [-0.05, 0) is 36.4 Å². The molecule has 36 heavy (non-hydrogen) atoms. The van der Waals surface area contributed by atoms with E-state index in [1.807, 2.05) is 41.3 Å². The molecular weight excluding hydrogens is 474 g/mol. The second-order valence-electron chi connectivity index (χ2n) is 8.84. The lowest BCUT2D eigenvalue weighted by Gasteiger charge is -2.14. The number of hydrogen-bond acceptors (Lipinski definition) is 4. The number of carbonyl (C=O) groups excluding carboxylic acids is 2. The van der Waals surface area contributed by atoms with Gasteiger partial charge in [-0.1, -0.05) is 54.6 Å². The van der Waals surface area contributed by atoms with Gasteiger partial charge >= 0.3 is 0 Å². The molecule has 5 rings (SSSR count).